The van der Waals surface area contributed by atoms with Crippen molar-refractivity contribution in [3.8, 4) is 11.5 Å². The lowest BCUT2D eigenvalue weighted by Gasteiger charge is -2.24. The van der Waals surface area contributed by atoms with Crippen LogP contribution in [0.2, 0.25) is 0 Å². The first-order chi connectivity index (χ1) is 15.9. The van der Waals surface area contributed by atoms with Crippen LogP contribution >= 0.6 is 0 Å². The Kier molecular flexibility index (Phi) is 6.27. The molecule has 0 bridgehead atoms. The van der Waals surface area contributed by atoms with E-state index in [1.807, 2.05) is 61.5 Å². The molecule has 1 aliphatic heterocycles. The van der Waals surface area contributed by atoms with Crippen molar-refractivity contribution in [1.29, 1.82) is 0 Å². The van der Waals surface area contributed by atoms with Crippen molar-refractivity contribution in [3.63, 3.8) is 0 Å². The highest BCUT2D eigenvalue weighted by atomic mass is 16.5. The number of phenols is 1. The molecule has 1 unspecified atom stereocenters. The van der Waals surface area contributed by atoms with Crippen LogP contribution in [0.4, 0.5) is 0 Å². The molecule has 0 aliphatic carbocycles. The van der Waals surface area contributed by atoms with Gasteiger partial charge in [-0.1, -0.05) is 61.2 Å². The highest BCUT2D eigenvalue weighted by Gasteiger charge is 2.24. The summed E-state index contributed by atoms with van der Waals surface area (Å²) in [4.78, 5) is 0. The quantitative estimate of drug-likeness (QED) is 0.292. The van der Waals surface area contributed by atoms with E-state index >= 15 is 0 Å². The van der Waals surface area contributed by atoms with Gasteiger partial charge in [-0.3, -0.25) is 0 Å². The van der Waals surface area contributed by atoms with Gasteiger partial charge < -0.3 is 20.1 Å². The molecule has 3 aromatic rings. The van der Waals surface area contributed by atoms with E-state index in [4.69, 9.17) is 4.74 Å². The number of hydrogen-bond donors (Lipinski definition) is 3. The van der Waals surface area contributed by atoms with Crippen molar-refractivity contribution in [2.75, 3.05) is 0 Å². The summed E-state index contributed by atoms with van der Waals surface area (Å²) in [7, 11) is 0. The smallest absolute Gasteiger partial charge is 0.131 e. The molecule has 0 radical (unpaired) electrons. The third kappa shape index (κ3) is 4.37. The van der Waals surface area contributed by atoms with Crippen LogP contribution in [-0.4, -0.2) is 15.3 Å². The van der Waals surface area contributed by atoms with Crippen LogP contribution in [0.25, 0.3) is 16.5 Å². The number of fused-ring (bicyclic) bond motifs is 4. The summed E-state index contributed by atoms with van der Waals surface area (Å²) in [5.74, 6) is 0.912. The van der Waals surface area contributed by atoms with Crippen molar-refractivity contribution >= 4 is 16.5 Å². The van der Waals surface area contributed by atoms with Gasteiger partial charge in [0, 0.05) is 33.4 Å². The molecular weight excluding hydrogens is 412 g/mol. The van der Waals surface area contributed by atoms with Gasteiger partial charge in [0.25, 0.3) is 0 Å². The fourth-order valence-corrected chi connectivity index (χ4v) is 4.31. The largest absolute Gasteiger partial charge is 0.508 e. The van der Waals surface area contributed by atoms with Crippen molar-refractivity contribution in [3.05, 3.63) is 113 Å². The molecule has 1 aliphatic rings. The van der Waals surface area contributed by atoms with Gasteiger partial charge in [-0.2, -0.15) is 0 Å². The molecule has 4 heteroatoms. The Labute approximate surface area is 194 Å². The Morgan fingerprint density at radius 3 is 2.52 bits per heavy atom. The molecule has 3 N–H and O–H groups in total. The Bertz CT molecular complexity index is 1310. The molecule has 0 spiro atoms. The second-order valence-corrected chi connectivity index (χ2v) is 8.26. The third-order valence-electron chi connectivity index (χ3n) is 6.12. The Morgan fingerprint density at radius 2 is 1.76 bits per heavy atom. The summed E-state index contributed by atoms with van der Waals surface area (Å²) < 4.78 is 6.39. The molecule has 33 heavy (non-hydrogen) atoms. The van der Waals surface area contributed by atoms with Gasteiger partial charge in [0.1, 0.15) is 29.6 Å². The van der Waals surface area contributed by atoms with Crippen LogP contribution in [0.3, 0.4) is 0 Å². The average molecular weight is 441 g/mol. The van der Waals surface area contributed by atoms with Crippen LogP contribution < -0.4 is 4.74 Å². The maximum Gasteiger partial charge on any atom is 0.131 e. The first kappa shape index (κ1) is 22.3. The van der Waals surface area contributed by atoms with Gasteiger partial charge in [-0.15, -0.1) is 0 Å². The summed E-state index contributed by atoms with van der Waals surface area (Å²) >= 11 is 0. The lowest BCUT2D eigenvalue weighted by Crippen LogP contribution is -2.09. The van der Waals surface area contributed by atoms with E-state index in [9.17, 15) is 15.3 Å². The maximum atomic E-state index is 10.8. The number of allylic oxidation sites excluding steroid dienone is 5. The molecule has 3 aromatic carbocycles. The highest BCUT2D eigenvalue weighted by molar-refractivity contribution is 5.94. The average Bonchev–Trinajstić information content (AvgIpc) is 2.83. The number of phenolic OH excluding ortho intramolecular Hbond substituents is 1. The Morgan fingerprint density at radius 1 is 1.06 bits per heavy atom. The van der Waals surface area contributed by atoms with Crippen LogP contribution in [-0.2, 0) is 6.61 Å². The van der Waals surface area contributed by atoms with E-state index in [0.29, 0.717) is 23.1 Å². The zero-order valence-electron chi connectivity index (χ0n) is 18.9. The summed E-state index contributed by atoms with van der Waals surface area (Å²) in [6, 6.07) is 16.9. The maximum absolute atomic E-state index is 10.8. The van der Waals surface area contributed by atoms with E-state index in [1.165, 1.54) is 0 Å². The number of hydrogen-bond acceptors (Lipinski definition) is 4. The van der Waals surface area contributed by atoms with E-state index in [2.05, 4.69) is 6.58 Å². The van der Waals surface area contributed by atoms with Gasteiger partial charge >= 0.3 is 0 Å². The Hall–Kier alpha value is -3.92. The molecule has 4 rings (SSSR count). The number of benzene rings is 3. The summed E-state index contributed by atoms with van der Waals surface area (Å²) in [5.41, 5.74) is 3.81. The van der Waals surface area contributed by atoms with E-state index in [-0.39, 0.29) is 29.8 Å². The minimum atomic E-state index is -0.289. The van der Waals surface area contributed by atoms with E-state index in [1.54, 1.807) is 25.1 Å². The van der Waals surface area contributed by atoms with Crippen molar-refractivity contribution in [2.24, 2.45) is 0 Å². The van der Waals surface area contributed by atoms with Crippen LogP contribution in [0.1, 0.15) is 42.9 Å². The lowest BCUT2D eigenvalue weighted by molar-refractivity contribution is 0.304. The fourth-order valence-electron chi connectivity index (χ4n) is 4.31. The molecule has 1 atom stereocenters. The Balaban J connectivity index is 1.94. The first-order valence-electron chi connectivity index (χ1n) is 11.0. The number of aliphatic hydroxyl groups is 2. The topological polar surface area (TPSA) is 69.9 Å². The SMILES string of the molecule is C=C(/C=C(C)\C(O)=C\C)C1C/C=C(/O)c2ccccc2COc2c1cc(O)c1ccccc21. The molecule has 0 amide bonds. The molecule has 0 saturated heterocycles. The van der Waals surface area contributed by atoms with Crippen molar-refractivity contribution in [1.82, 2.24) is 0 Å². The predicted octanol–water partition coefficient (Wildman–Crippen LogP) is 7.47. The van der Waals surface area contributed by atoms with Crippen LogP contribution in [0, 0.1) is 0 Å². The van der Waals surface area contributed by atoms with Crippen molar-refractivity contribution < 1.29 is 20.1 Å². The monoisotopic (exact) mass is 440 g/mol. The van der Waals surface area contributed by atoms with Crippen LogP contribution in [0.15, 0.2) is 96.3 Å². The van der Waals surface area contributed by atoms with Gasteiger partial charge in [-0.05, 0) is 49.6 Å². The minimum Gasteiger partial charge on any atom is -0.508 e. The normalized spacial score (nSPS) is 18.5. The minimum absolute atomic E-state index is 0.161. The zero-order chi connectivity index (χ0) is 23.5. The summed E-state index contributed by atoms with van der Waals surface area (Å²) in [5, 5.41) is 33.3. The number of aliphatic hydroxyl groups excluding tert-OH is 2. The second-order valence-electron chi connectivity index (χ2n) is 8.26. The zero-order valence-corrected chi connectivity index (χ0v) is 18.9. The highest BCUT2D eigenvalue weighted by Crippen LogP contribution is 2.44. The lowest BCUT2D eigenvalue weighted by atomic mass is 9.85. The molecule has 0 saturated carbocycles. The standard InChI is InChI=1S/C29H28O4/c1-4-26(30)19(3)15-18(2)21-13-14-27(31)22-10-6-5-9-20(22)17-33-29-24-12-8-7-11-23(24)28(32)16-25(21)29/h4-12,14-16,21,30-32H,2,13,17H2,1,3H3/b19-15-,26-4-,27-14+. The molecular formula is C29H28O4. The van der Waals surface area contributed by atoms with Crippen LogP contribution in [0.5, 0.6) is 11.5 Å². The fraction of sp³-hybridized carbons (Fsp3) is 0.172. The van der Waals surface area contributed by atoms with E-state index in [0.717, 1.165) is 27.6 Å². The third-order valence-corrected chi connectivity index (χ3v) is 6.12. The van der Waals surface area contributed by atoms with Crippen molar-refractivity contribution in [2.45, 2.75) is 32.8 Å². The first-order valence-corrected chi connectivity index (χ1v) is 11.0. The van der Waals surface area contributed by atoms with Gasteiger partial charge in [0.15, 0.2) is 0 Å². The molecule has 0 aromatic heterocycles. The van der Waals surface area contributed by atoms with Gasteiger partial charge in [-0.25, -0.2) is 0 Å². The molecule has 4 nitrogen and oxygen atoms in total. The van der Waals surface area contributed by atoms with Gasteiger partial charge in [0.05, 0.1) is 0 Å². The molecule has 1 heterocycles. The second kappa shape index (κ2) is 9.29. The number of rotatable bonds is 3. The number of ether oxygens (including phenoxy) is 1. The predicted molar refractivity (Wildman–Crippen MR) is 134 cm³/mol. The van der Waals surface area contributed by atoms with Gasteiger partial charge in [0.2, 0.25) is 0 Å². The summed E-state index contributed by atoms with van der Waals surface area (Å²) in [6.07, 6.45) is 5.69. The molecule has 0 fully saturated rings. The van der Waals surface area contributed by atoms with E-state index < -0.39 is 0 Å². The molecule has 168 valence electrons. The number of aromatic hydroxyl groups is 1. The summed E-state index contributed by atoms with van der Waals surface area (Å²) in [6.45, 7) is 8.13.